The smallest absolute Gasteiger partial charge is 0.142 e. The van der Waals surface area contributed by atoms with Gasteiger partial charge in [0, 0.05) is 0 Å². The van der Waals surface area contributed by atoms with Gasteiger partial charge in [0.2, 0.25) is 0 Å². The van der Waals surface area contributed by atoms with Crippen molar-refractivity contribution in [3.8, 4) is 0 Å². The molecule has 0 saturated heterocycles. The Balaban J connectivity index is 3.95. The Hall–Kier alpha value is -0.890. The first-order valence-electron chi connectivity index (χ1n) is 4.47. The molecule has 0 aliphatic heterocycles. The highest BCUT2D eigenvalue weighted by atomic mass is 16.3. The molecule has 0 rings (SSSR count). The first-order valence-corrected chi connectivity index (χ1v) is 4.47. The Morgan fingerprint density at radius 3 is 2.54 bits per heavy atom. The van der Waals surface area contributed by atoms with E-state index in [-0.39, 0.29) is 0 Å². The number of carbonyl (C=O) groups excluding carboxylic acids is 1. The lowest BCUT2D eigenvalue weighted by atomic mass is 9.99. The zero-order chi connectivity index (χ0) is 10.3. The second-order valence-electron chi connectivity index (χ2n) is 3.67. The average molecular weight is 182 g/mol. The molecule has 0 aliphatic rings. The number of hydrogen-bond donors (Lipinski definition) is 1. The van der Waals surface area contributed by atoms with Crippen molar-refractivity contribution in [1.82, 2.24) is 0 Å². The van der Waals surface area contributed by atoms with Crippen molar-refractivity contribution in [2.75, 3.05) is 0 Å². The zero-order valence-corrected chi connectivity index (χ0v) is 8.58. The van der Waals surface area contributed by atoms with E-state index in [0.717, 1.165) is 6.42 Å². The molecule has 0 aromatic rings. The van der Waals surface area contributed by atoms with Crippen LogP contribution in [0.5, 0.6) is 0 Å². The lowest BCUT2D eigenvalue weighted by Gasteiger charge is -2.17. The van der Waals surface area contributed by atoms with Crippen molar-refractivity contribution in [1.29, 1.82) is 0 Å². The normalized spacial score (nSPS) is 15.4. The minimum atomic E-state index is -0.868. The van der Waals surface area contributed by atoms with E-state index in [1.165, 1.54) is 17.7 Å². The minimum Gasteiger partial charge on any atom is -0.386 e. The molecule has 0 bridgehead atoms. The van der Waals surface area contributed by atoms with Gasteiger partial charge in [-0.3, -0.25) is 4.79 Å². The van der Waals surface area contributed by atoms with Crippen LogP contribution < -0.4 is 0 Å². The summed E-state index contributed by atoms with van der Waals surface area (Å²) in [5.41, 5.74) is 0.377. The number of aldehydes is 1. The van der Waals surface area contributed by atoms with Crippen molar-refractivity contribution in [3.05, 3.63) is 23.8 Å². The van der Waals surface area contributed by atoms with Crippen LogP contribution in [0.3, 0.4) is 0 Å². The maximum Gasteiger partial charge on any atom is 0.142 e. The molecule has 0 aromatic heterocycles. The third-order valence-electron chi connectivity index (χ3n) is 1.74. The molecule has 2 nitrogen and oxygen atoms in total. The van der Waals surface area contributed by atoms with Crippen LogP contribution in [0.15, 0.2) is 23.8 Å². The van der Waals surface area contributed by atoms with Crippen LogP contribution in [0.25, 0.3) is 0 Å². The second-order valence-corrected chi connectivity index (χ2v) is 3.67. The molecule has 0 saturated carbocycles. The Labute approximate surface area is 80.0 Å². The quantitative estimate of drug-likeness (QED) is 0.402. The van der Waals surface area contributed by atoms with Crippen molar-refractivity contribution in [2.45, 2.75) is 39.2 Å². The molecular formula is C11H18O2. The fraction of sp³-hybridized carbons (Fsp3) is 0.545. The molecule has 0 heterocycles. The summed E-state index contributed by atoms with van der Waals surface area (Å²) in [6, 6.07) is 0. The van der Waals surface area contributed by atoms with E-state index in [2.05, 4.69) is 6.08 Å². The average Bonchev–Trinajstić information content (AvgIpc) is 2.00. The summed E-state index contributed by atoms with van der Waals surface area (Å²) in [5.74, 6) is 0. The van der Waals surface area contributed by atoms with E-state index in [1.54, 1.807) is 6.92 Å². The van der Waals surface area contributed by atoms with Crippen LogP contribution >= 0.6 is 0 Å². The van der Waals surface area contributed by atoms with Crippen molar-refractivity contribution >= 4 is 6.29 Å². The maximum absolute atomic E-state index is 10.0. The summed E-state index contributed by atoms with van der Waals surface area (Å²) >= 11 is 0. The summed E-state index contributed by atoms with van der Waals surface area (Å²) in [4.78, 5) is 10.0. The molecule has 1 unspecified atom stereocenters. The molecule has 0 spiro atoms. The van der Waals surface area contributed by atoms with Crippen molar-refractivity contribution in [3.63, 3.8) is 0 Å². The third-order valence-corrected chi connectivity index (χ3v) is 1.74. The molecule has 0 amide bonds. The molecule has 2 heteroatoms. The van der Waals surface area contributed by atoms with Gasteiger partial charge in [-0.15, -0.1) is 0 Å². The Morgan fingerprint density at radius 1 is 1.46 bits per heavy atom. The van der Waals surface area contributed by atoms with E-state index < -0.39 is 5.60 Å². The topological polar surface area (TPSA) is 37.3 Å². The number of aliphatic hydroxyl groups is 1. The minimum absolute atomic E-state index is 0.641. The largest absolute Gasteiger partial charge is 0.386 e. The lowest BCUT2D eigenvalue weighted by Crippen LogP contribution is -2.20. The van der Waals surface area contributed by atoms with Gasteiger partial charge in [-0.05, 0) is 39.7 Å². The first-order chi connectivity index (χ1) is 5.98. The van der Waals surface area contributed by atoms with Gasteiger partial charge in [-0.1, -0.05) is 17.7 Å². The number of carbonyl (C=O) groups is 1. The Bertz CT molecular complexity index is 208. The molecule has 0 fully saturated rings. The molecule has 0 aliphatic carbocycles. The van der Waals surface area contributed by atoms with E-state index in [4.69, 9.17) is 0 Å². The standard InChI is InChI=1S/C11H18O2/c1-10(2)6-4-7-11(3,13)8-5-9-12/h5-6,8-9,13H,4,7H2,1-3H3/b8-5+. The fourth-order valence-corrected chi connectivity index (χ4v) is 0.983. The molecular weight excluding hydrogens is 164 g/mol. The summed E-state index contributed by atoms with van der Waals surface area (Å²) in [5, 5.41) is 9.68. The van der Waals surface area contributed by atoms with Gasteiger partial charge >= 0.3 is 0 Å². The van der Waals surface area contributed by atoms with Crippen LogP contribution in [0.4, 0.5) is 0 Å². The highest BCUT2D eigenvalue weighted by molar-refractivity contribution is 5.64. The van der Waals surface area contributed by atoms with Crippen molar-refractivity contribution < 1.29 is 9.90 Å². The summed E-state index contributed by atoms with van der Waals surface area (Å²) < 4.78 is 0. The van der Waals surface area contributed by atoms with Crippen molar-refractivity contribution in [2.24, 2.45) is 0 Å². The fourth-order valence-electron chi connectivity index (χ4n) is 0.983. The lowest BCUT2D eigenvalue weighted by molar-refractivity contribution is -0.104. The highest BCUT2D eigenvalue weighted by Gasteiger charge is 2.14. The number of rotatable bonds is 5. The van der Waals surface area contributed by atoms with Gasteiger partial charge < -0.3 is 5.11 Å². The summed E-state index contributed by atoms with van der Waals surface area (Å²) in [6.45, 7) is 5.75. The van der Waals surface area contributed by atoms with Gasteiger partial charge in [-0.25, -0.2) is 0 Å². The monoisotopic (exact) mass is 182 g/mol. The van der Waals surface area contributed by atoms with E-state index >= 15 is 0 Å². The molecule has 74 valence electrons. The van der Waals surface area contributed by atoms with E-state index in [1.807, 2.05) is 13.8 Å². The second kappa shape index (κ2) is 5.70. The van der Waals surface area contributed by atoms with Gasteiger partial charge in [0.15, 0.2) is 0 Å². The van der Waals surface area contributed by atoms with E-state index in [9.17, 15) is 9.90 Å². The van der Waals surface area contributed by atoms with Crippen LogP contribution in [-0.4, -0.2) is 17.0 Å². The molecule has 13 heavy (non-hydrogen) atoms. The number of hydrogen-bond acceptors (Lipinski definition) is 2. The van der Waals surface area contributed by atoms with Gasteiger partial charge in [-0.2, -0.15) is 0 Å². The van der Waals surface area contributed by atoms with Gasteiger partial charge in [0.25, 0.3) is 0 Å². The van der Waals surface area contributed by atoms with Gasteiger partial charge in [0.1, 0.15) is 6.29 Å². The van der Waals surface area contributed by atoms with Crippen LogP contribution in [0, 0.1) is 0 Å². The number of allylic oxidation sites excluding steroid dienone is 3. The molecule has 0 aromatic carbocycles. The summed E-state index contributed by atoms with van der Waals surface area (Å²) in [7, 11) is 0. The summed E-state index contributed by atoms with van der Waals surface area (Å²) in [6.07, 6.45) is 7.08. The van der Waals surface area contributed by atoms with Crippen LogP contribution in [0.2, 0.25) is 0 Å². The molecule has 1 atom stereocenters. The maximum atomic E-state index is 10.0. The zero-order valence-electron chi connectivity index (χ0n) is 8.58. The third kappa shape index (κ3) is 7.47. The van der Waals surface area contributed by atoms with E-state index in [0.29, 0.717) is 12.7 Å². The first kappa shape index (κ1) is 12.1. The molecule has 0 radical (unpaired) electrons. The van der Waals surface area contributed by atoms with Crippen LogP contribution in [-0.2, 0) is 4.79 Å². The molecule has 1 N–H and O–H groups in total. The van der Waals surface area contributed by atoms with Crippen LogP contribution in [0.1, 0.15) is 33.6 Å². The van der Waals surface area contributed by atoms with Gasteiger partial charge in [0.05, 0.1) is 5.60 Å². The highest BCUT2D eigenvalue weighted by Crippen LogP contribution is 2.14. The predicted molar refractivity (Wildman–Crippen MR) is 54.5 cm³/mol. The Morgan fingerprint density at radius 2 is 2.08 bits per heavy atom. The Kier molecular flexibility index (Phi) is 5.31. The SMILES string of the molecule is CC(C)=CCCC(C)(O)/C=C/C=O. The predicted octanol–water partition coefficient (Wildman–Crippen LogP) is 2.24.